The van der Waals surface area contributed by atoms with Crippen LogP contribution in [0, 0.1) is 0 Å². The number of halogens is 1. The highest BCUT2D eigenvalue weighted by Crippen LogP contribution is 2.30. The third kappa shape index (κ3) is 3.78. The smallest absolute Gasteiger partial charge is 0.246 e. The highest BCUT2D eigenvalue weighted by Gasteiger charge is 2.18. The van der Waals surface area contributed by atoms with Gasteiger partial charge in [0.05, 0.1) is 12.5 Å². The molecule has 2 heterocycles. The van der Waals surface area contributed by atoms with Crippen molar-refractivity contribution in [3.63, 3.8) is 0 Å². The number of fused-ring (bicyclic) bond motifs is 3. The van der Waals surface area contributed by atoms with Gasteiger partial charge in [-0.25, -0.2) is 0 Å². The van der Waals surface area contributed by atoms with Gasteiger partial charge in [0.25, 0.3) is 0 Å². The third-order valence-electron chi connectivity index (χ3n) is 5.39. The largest absolute Gasteiger partial charge is 0.355 e. The summed E-state index contributed by atoms with van der Waals surface area (Å²) in [7, 11) is 0. The highest BCUT2D eigenvalue weighted by molar-refractivity contribution is 6.31. The first-order valence-electron chi connectivity index (χ1n) is 9.95. The molecule has 1 unspecified atom stereocenters. The molecular weight excluding hydrogens is 412 g/mol. The molecule has 0 radical (unpaired) electrons. The van der Waals surface area contributed by atoms with Gasteiger partial charge in [0.1, 0.15) is 0 Å². The molecule has 154 valence electrons. The molecule has 31 heavy (non-hydrogen) atoms. The fourth-order valence-electron chi connectivity index (χ4n) is 3.66. The zero-order chi connectivity index (χ0) is 21.4. The average molecular weight is 431 g/mol. The van der Waals surface area contributed by atoms with Crippen molar-refractivity contribution in [3.8, 4) is 11.4 Å². The van der Waals surface area contributed by atoms with Crippen LogP contribution in [-0.4, -0.2) is 21.0 Å². The molecule has 7 heteroatoms. The van der Waals surface area contributed by atoms with Gasteiger partial charge in [-0.3, -0.25) is 4.79 Å². The van der Waals surface area contributed by atoms with Crippen molar-refractivity contribution in [3.05, 3.63) is 83.2 Å². The summed E-state index contributed by atoms with van der Waals surface area (Å²) < 4.78 is 5.26. The first kappa shape index (κ1) is 19.3. The molecular formula is C24H19ClN4O2. The third-order valence-corrected chi connectivity index (χ3v) is 5.63. The second kappa shape index (κ2) is 7.89. The number of H-pyrrole nitrogens is 1. The molecule has 0 aliphatic rings. The Morgan fingerprint density at radius 3 is 2.74 bits per heavy atom. The average Bonchev–Trinajstić information content (AvgIpc) is 3.41. The topological polar surface area (TPSA) is 83.8 Å². The minimum absolute atomic E-state index is 0.113. The van der Waals surface area contributed by atoms with Gasteiger partial charge >= 0.3 is 0 Å². The van der Waals surface area contributed by atoms with Gasteiger partial charge in [0.15, 0.2) is 0 Å². The van der Waals surface area contributed by atoms with Crippen molar-refractivity contribution in [1.29, 1.82) is 0 Å². The van der Waals surface area contributed by atoms with Gasteiger partial charge in [0, 0.05) is 32.4 Å². The van der Waals surface area contributed by atoms with Crippen molar-refractivity contribution in [2.24, 2.45) is 0 Å². The Labute approximate surface area is 183 Å². The van der Waals surface area contributed by atoms with E-state index in [-0.39, 0.29) is 18.4 Å². The Bertz CT molecular complexity index is 1390. The minimum Gasteiger partial charge on any atom is -0.355 e. The molecule has 0 spiro atoms. The van der Waals surface area contributed by atoms with Crippen LogP contribution in [0.2, 0.25) is 5.02 Å². The molecule has 0 fully saturated rings. The highest BCUT2D eigenvalue weighted by atomic mass is 35.5. The van der Waals surface area contributed by atoms with E-state index in [1.54, 1.807) is 0 Å². The van der Waals surface area contributed by atoms with Crippen molar-refractivity contribution < 1.29 is 9.32 Å². The molecule has 5 aromatic rings. The number of amides is 1. The lowest BCUT2D eigenvalue weighted by atomic mass is 9.98. The van der Waals surface area contributed by atoms with Crippen LogP contribution in [0.25, 0.3) is 33.2 Å². The van der Waals surface area contributed by atoms with Crippen molar-refractivity contribution >= 4 is 39.3 Å². The van der Waals surface area contributed by atoms with E-state index in [1.807, 2.05) is 73.7 Å². The lowest BCUT2D eigenvalue weighted by Gasteiger charge is -2.11. The molecule has 2 N–H and O–H groups in total. The van der Waals surface area contributed by atoms with E-state index in [9.17, 15) is 4.79 Å². The van der Waals surface area contributed by atoms with Crippen molar-refractivity contribution in [2.45, 2.75) is 19.4 Å². The molecule has 6 nitrogen and oxygen atoms in total. The van der Waals surface area contributed by atoms with Gasteiger partial charge in [-0.05, 0) is 36.8 Å². The lowest BCUT2D eigenvalue weighted by Crippen LogP contribution is -2.27. The summed E-state index contributed by atoms with van der Waals surface area (Å²) in [6.07, 6.45) is 0. The number of hydrogen-bond donors (Lipinski definition) is 2. The number of aromatic nitrogens is 3. The Kier molecular flexibility index (Phi) is 4.92. The monoisotopic (exact) mass is 430 g/mol. The van der Waals surface area contributed by atoms with Crippen LogP contribution in [0.4, 0.5) is 0 Å². The molecule has 0 saturated heterocycles. The minimum atomic E-state index is -0.337. The Morgan fingerprint density at radius 2 is 1.90 bits per heavy atom. The van der Waals surface area contributed by atoms with Gasteiger partial charge in [-0.2, -0.15) is 4.98 Å². The summed E-state index contributed by atoms with van der Waals surface area (Å²) in [5.41, 5.74) is 3.77. The molecule has 2 aromatic heterocycles. The standard InChI is InChI=1S/C24H19ClN4O2/c1-14(16-7-9-18-19-12-17(25)8-10-20(19)27-21(18)11-16)24(30)26-13-22-28-23(29-31-22)15-5-3-2-4-6-15/h2-12,14,27H,13H2,1H3,(H,26,30). The fraction of sp³-hybridized carbons (Fsp3) is 0.125. The number of nitrogens with zero attached hydrogens (tertiary/aromatic N) is 2. The quantitative estimate of drug-likeness (QED) is 0.388. The van der Waals surface area contributed by atoms with Crippen LogP contribution < -0.4 is 5.32 Å². The van der Waals surface area contributed by atoms with E-state index in [0.717, 1.165) is 32.9 Å². The number of carbonyl (C=O) groups excluding carboxylic acids is 1. The number of aromatic amines is 1. The number of carbonyl (C=O) groups is 1. The summed E-state index contributed by atoms with van der Waals surface area (Å²) in [6, 6.07) is 21.3. The molecule has 3 aromatic carbocycles. The van der Waals surface area contributed by atoms with Crippen LogP contribution in [0.1, 0.15) is 24.3 Å². The number of rotatable bonds is 5. The van der Waals surface area contributed by atoms with Crippen molar-refractivity contribution in [1.82, 2.24) is 20.4 Å². The summed E-state index contributed by atoms with van der Waals surface area (Å²) in [6.45, 7) is 2.05. The van der Waals surface area contributed by atoms with Crippen LogP contribution >= 0.6 is 11.6 Å². The van der Waals surface area contributed by atoms with Gasteiger partial charge < -0.3 is 14.8 Å². The van der Waals surface area contributed by atoms with E-state index >= 15 is 0 Å². The molecule has 0 aliphatic heterocycles. The van der Waals surface area contributed by atoms with Crippen LogP contribution in [0.15, 0.2) is 71.3 Å². The number of nitrogens with one attached hydrogen (secondary N) is 2. The van der Waals surface area contributed by atoms with Crippen LogP contribution in [0.3, 0.4) is 0 Å². The Morgan fingerprint density at radius 1 is 1.06 bits per heavy atom. The first-order chi connectivity index (χ1) is 15.1. The van der Waals surface area contributed by atoms with Gasteiger partial charge in [0.2, 0.25) is 17.6 Å². The van der Waals surface area contributed by atoms with E-state index in [1.165, 1.54) is 0 Å². The predicted molar refractivity (Wildman–Crippen MR) is 121 cm³/mol. The van der Waals surface area contributed by atoms with Crippen LogP contribution in [0.5, 0.6) is 0 Å². The normalized spacial score (nSPS) is 12.3. The van der Waals surface area contributed by atoms with E-state index in [4.69, 9.17) is 16.1 Å². The first-order valence-corrected chi connectivity index (χ1v) is 10.3. The molecule has 0 bridgehead atoms. The maximum atomic E-state index is 12.7. The maximum Gasteiger partial charge on any atom is 0.246 e. The van der Waals surface area contributed by atoms with E-state index < -0.39 is 0 Å². The van der Waals surface area contributed by atoms with E-state index in [0.29, 0.717) is 16.7 Å². The summed E-state index contributed by atoms with van der Waals surface area (Å²) in [5, 5.41) is 9.70. The SMILES string of the molecule is CC(C(=O)NCc1nc(-c2ccccc2)no1)c1ccc2c(c1)[nH]c1ccc(Cl)cc12. The van der Waals surface area contributed by atoms with Gasteiger partial charge in [-0.1, -0.05) is 59.2 Å². The summed E-state index contributed by atoms with van der Waals surface area (Å²) in [5.74, 6) is 0.415. The summed E-state index contributed by atoms with van der Waals surface area (Å²) in [4.78, 5) is 20.5. The summed E-state index contributed by atoms with van der Waals surface area (Å²) >= 11 is 6.14. The van der Waals surface area contributed by atoms with Crippen molar-refractivity contribution in [2.75, 3.05) is 0 Å². The van der Waals surface area contributed by atoms with E-state index in [2.05, 4.69) is 20.4 Å². The molecule has 0 saturated carbocycles. The Hall–Kier alpha value is -3.64. The number of hydrogen-bond acceptors (Lipinski definition) is 4. The fourth-order valence-corrected chi connectivity index (χ4v) is 3.83. The Balaban J connectivity index is 1.30. The second-order valence-electron chi connectivity index (χ2n) is 7.44. The van der Waals surface area contributed by atoms with Crippen LogP contribution in [-0.2, 0) is 11.3 Å². The van der Waals surface area contributed by atoms with Gasteiger partial charge in [-0.15, -0.1) is 0 Å². The molecule has 1 atom stereocenters. The zero-order valence-electron chi connectivity index (χ0n) is 16.7. The second-order valence-corrected chi connectivity index (χ2v) is 7.87. The zero-order valence-corrected chi connectivity index (χ0v) is 17.5. The molecule has 5 rings (SSSR count). The lowest BCUT2D eigenvalue weighted by molar-refractivity contribution is -0.122. The molecule has 1 amide bonds. The number of benzene rings is 3. The molecule has 0 aliphatic carbocycles. The maximum absolute atomic E-state index is 12.7. The predicted octanol–water partition coefficient (Wildman–Crippen LogP) is 5.44.